The van der Waals surface area contributed by atoms with Crippen molar-refractivity contribution in [3.05, 3.63) is 44.1 Å². The lowest BCUT2D eigenvalue weighted by molar-refractivity contribution is -0.141. The van der Waals surface area contributed by atoms with Gasteiger partial charge in [-0.3, -0.25) is 4.79 Å². The fourth-order valence-corrected chi connectivity index (χ4v) is 5.42. The molecule has 0 aliphatic heterocycles. The second-order valence-corrected chi connectivity index (χ2v) is 10.6. The molecule has 30 heavy (non-hydrogen) atoms. The Kier molecular flexibility index (Phi) is 5.17. The number of halogens is 3. The van der Waals surface area contributed by atoms with E-state index in [4.69, 9.17) is 0 Å². The first-order valence-electron chi connectivity index (χ1n) is 9.70. The molecule has 0 N–H and O–H groups in total. The fraction of sp³-hybridized carbons (Fsp3) is 0.476. The van der Waals surface area contributed by atoms with Gasteiger partial charge in [0.05, 0.1) is 15.8 Å². The summed E-state index contributed by atoms with van der Waals surface area (Å²) in [6.45, 7) is 8.96. The van der Waals surface area contributed by atoms with E-state index in [1.54, 1.807) is 5.38 Å². The first kappa shape index (κ1) is 21.2. The predicted molar refractivity (Wildman–Crippen MR) is 113 cm³/mol. The summed E-state index contributed by atoms with van der Waals surface area (Å²) in [5, 5.41) is 1.66. The molecule has 0 bridgehead atoms. The van der Waals surface area contributed by atoms with Crippen LogP contribution in [0.1, 0.15) is 60.2 Å². The molecule has 0 aromatic carbocycles. The van der Waals surface area contributed by atoms with Gasteiger partial charge in [-0.05, 0) is 48.6 Å². The van der Waals surface area contributed by atoms with Gasteiger partial charge in [-0.1, -0.05) is 20.8 Å². The number of hydrogen-bond acceptors (Lipinski definition) is 4. The van der Waals surface area contributed by atoms with Gasteiger partial charge >= 0.3 is 6.18 Å². The number of pyridine rings is 1. The van der Waals surface area contributed by atoms with Crippen LogP contribution in [0.3, 0.4) is 0 Å². The lowest BCUT2D eigenvalue weighted by atomic mass is 9.93. The number of rotatable bonds is 3. The van der Waals surface area contributed by atoms with E-state index in [0.29, 0.717) is 15.4 Å². The first-order valence-corrected chi connectivity index (χ1v) is 11.4. The SMILES string of the molecule is Cc1c(C(C)(C)C)sc(=NC(=O)c2cc3sccc3nc2C(F)(F)F)n1CC1CC1. The Morgan fingerprint density at radius 3 is 2.60 bits per heavy atom. The molecule has 1 amide bonds. The smallest absolute Gasteiger partial charge is 0.320 e. The van der Waals surface area contributed by atoms with Crippen LogP contribution in [-0.4, -0.2) is 15.5 Å². The van der Waals surface area contributed by atoms with Gasteiger partial charge in [-0.25, -0.2) is 4.98 Å². The van der Waals surface area contributed by atoms with Gasteiger partial charge in [0, 0.05) is 17.1 Å². The number of carbonyl (C=O) groups excluding carboxylic acids is 1. The number of thiazole rings is 1. The van der Waals surface area contributed by atoms with E-state index in [-0.39, 0.29) is 10.9 Å². The Morgan fingerprint density at radius 1 is 1.30 bits per heavy atom. The van der Waals surface area contributed by atoms with Gasteiger partial charge in [-0.2, -0.15) is 18.2 Å². The van der Waals surface area contributed by atoms with Crippen LogP contribution in [0.2, 0.25) is 0 Å². The van der Waals surface area contributed by atoms with Crippen molar-refractivity contribution in [2.45, 2.75) is 58.7 Å². The van der Waals surface area contributed by atoms with E-state index in [2.05, 4.69) is 30.7 Å². The Balaban J connectivity index is 1.87. The lowest BCUT2D eigenvalue weighted by Gasteiger charge is -2.17. The summed E-state index contributed by atoms with van der Waals surface area (Å²) in [4.78, 5) is 22.4. The standard InChI is InChI=1S/C21H22F3N3OS2/c1-11-17(20(2,3)4)30-19(27(11)10-12-5-6-12)26-18(28)13-9-15-14(7-8-29-15)25-16(13)21(22,23)24/h7-9,12H,5-6,10H2,1-4H3. The molecule has 4 rings (SSSR count). The molecule has 0 atom stereocenters. The van der Waals surface area contributed by atoms with Crippen molar-refractivity contribution in [3.63, 3.8) is 0 Å². The number of aromatic nitrogens is 2. The molecule has 3 heterocycles. The van der Waals surface area contributed by atoms with Gasteiger partial charge in [0.2, 0.25) is 0 Å². The second kappa shape index (κ2) is 7.30. The Bertz CT molecular complexity index is 1190. The highest BCUT2D eigenvalue weighted by Gasteiger charge is 2.38. The summed E-state index contributed by atoms with van der Waals surface area (Å²) in [6, 6.07) is 2.78. The van der Waals surface area contributed by atoms with Crippen LogP contribution in [0.25, 0.3) is 10.2 Å². The topological polar surface area (TPSA) is 47.2 Å². The number of nitrogens with zero attached hydrogens (tertiary/aromatic N) is 3. The normalized spacial score (nSPS) is 15.9. The maximum absolute atomic E-state index is 13.6. The van der Waals surface area contributed by atoms with Crippen LogP contribution in [0.5, 0.6) is 0 Å². The minimum atomic E-state index is -4.73. The highest BCUT2D eigenvalue weighted by atomic mass is 32.1. The third kappa shape index (κ3) is 4.09. The zero-order valence-corrected chi connectivity index (χ0v) is 18.8. The number of amides is 1. The van der Waals surface area contributed by atoms with Crippen molar-refractivity contribution in [1.82, 2.24) is 9.55 Å². The number of thiophene rings is 1. The van der Waals surface area contributed by atoms with E-state index in [9.17, 15) is 18.0 Å². The van der Waals surface area contributed by atoms with Gasteiger partial charge in [0.25, 0.3) is 5.91 Å². The average Bonchev–Trinajstić information content (AvgIpc) is 3.24. The molecule has 160 valence electrons. The third-order valence-electron chi connectivity index (χ3n) is 5.11. The van der Waals surface area contributed by atoms with E-state index in [1.165, 1.54) is 34.8 Å². The lowest BCUT2D eigenvalue weighted by Crippen LogP contribution is -2.21. The van der Waals surface area contributed by atoms with E-state index < -0.39 is 23.3 Å². The van der Waals surface area contributed by atoms with Crippen LogP contribution in [0.4, 0.5) is 13.2 Å². The zero-order chi connectivity index (χ0) is 21.8. The summed E-state index contributed by atoms with van der Waals surface area (Å²) in [6.07, 6.45) is -2.49. The number of alkyl halides is 3. The van der Waals surface area contributed by atoms with Gasteiger partial charge < -0.3 is 4.57 Å². The Morgan fingerprint density at radius 2 is 2.00 bits per heavy atom. The highest BCUT2D eigenvalue weighted by Crippen LogP contribution is 2.35. The van der Waals surface area contributed by atoms with E-state index in [0.717, 1.165) is 30.0 Å². The molecule has 1 aliphatic carbocycles. The summed E-state index contributed by atoms with van der Waals surface area (Å²) in [5.74, 6) is -0.369. The summed E-state index contributed by atoms with van der Waals surface area (Å²) < 4.78 is 43.4. The monoisotopic (exact) mass is 453 g/mol. The van der Waals surface area contributed by atoms with Crippen LogP contribution in [-0.2, 0) is 18.1 Å². The summed E-state index contributed by atoms with van der Waals surface area (Å²) >= 11 is 2.63. The zero-order valence-electron chi connectivity index (χ0n) is 17.1. The van der Waals surface area contributed by atoms with Crippen LogP contribution < -0.4 is 4.80 Å². The van der Waals surface area contributed by atoms with Crippen LogP contribution in [0, 0.1) is 12.8 Å². The number of hydrogen-bond donors (Lipinski definition) is 0. The van der Waals surface area contributed by atoms with Crippen molar-refractivity contribution in [2.24, 2.45) is 10.9 Å². The van der Waals surface area contributed by atoms with Crippen molar-refractivity contribution in [3.8, 4) is 0 Å². The molecule has 0 saturated heterocycles. The molecule has 0 unspecified atom stereocenters. The van der Waals surface area contributed by atoms with Gasteiger partial charge in [0.15, 0.2) is 10.5 Å². The van der Waals surface area contributed by atoms with E-state index >= 15 is 0 Å². The van der Waals surface area contributed by atoms with Crippen molar-refractivity contribution < 1.29 is 18.0 Å². The Hall–Kier alpha value is -2.00. The summed E-state index contributed by atoms with van der Waals surface area (Å²) in [5.41, 5.74) is -0.576. The van der Waals surface area contributed by atoms with Crippen molar-refractivity contribution in [2.75, 3.05) is 0 Å². The van der Waals surface area contributed by atoms with Gasteiger partial charge in [0.1, 0.15) is 0 Å². The molecule has 3 aromatic heterocycles. The molecule has 1 aliphatic rings. The Labute approximate surface area is 180 Å². The second-order valence-electron chi connectivity index (χ2n) is 8.71. The molecule has 9 heteroatoms. The van der Waals surface area contributed by atoms with Crippen LogP contribution in [0.15, 0.2) is 22.5 Å². The molecular weight excluding hydrogens is 431 g/mol. The third-order valence-corrected chi connectivity index (χ3v) is 7.57. The average molecular weight is 454 g/mol. The molecule has 4 nitrogen and oxygen atoms in total. The van der Waals surface area contributed by atoms with E-state index in [1.807, 2.05) is 11.5 Å². The molecule has 3 aromatic rings. The molecule has 1 saturated carbocycles. The maximum Gasteiger partial charge on any atom is 0.434 e. The quantitative estimate of drug-likeness (QED) is 0.493. The fourth-order valence-electron chi connectivity index (χ4n) is 3.46. The first-order chi connectivity index (χ1) is 13.9. The minimum absolute atomic E-state index is 0.147. The maximum atomic E-state index is 13.6. The number of carbonyl (C=O) groups is 1. The molecule has 0 spiro atoms. The van der Waals surface area contributed by atoms with Gasteiger partial charge in [-0.15, -0.1) is 22.7 Å². The predicted octanol–water partition coefficient (Wildman–Crippen LogP) is 5.94. The highest BCUT2D eigenvalue weighted by molar-refractivity contribution is 7.17. The molecular formula is C21H22F3N3OS2. The summed E-state index contributed by atoms with van der Waals surface area (Å²) in [7, 11) is 0. The van der Waals surface area contributed by atoms with Crippen molar-refractivity contribution in [1.29, 1.82) is 0 Å². The van der Waals surface area contributed by atoms with Crippen LogP contribution >= 0.6 is 22.7 Å². The minimum Gasteiger partial charge on any atom is -0.320 e. The molecule has 0 radical (unpaired) electrons. The number of fused-ring (bicyclic) bond motifs is 1. The van der Waals surface area contributed by atoms with Crippen molar-refractivity contribution >= 4 is 38.8 Å². The molecule has 1 fully saturated rings. The largest absolute Gasteiger partial charge is 0.434 e.